The van der Waals surface area contributed by atoms with Crippen LogP contribution in [0.25, 0.3) is 0 Å². The minimum absolute atomic E-state index is 0.142. The van der Waals surface area contributed by atoms with Crippen LogP contribution in [-0.4, -0.2) is 28.9 Å². The number of nitrogens with one attached hydrogen (secondary N) is 1. The van der Waals surface area contributed by atoms with Crippen LogP contribution in [0.3, 0.4) is 0 Å². The Labute approximate surface area is 107 Å². The molecule has 5 heteroatoms. The standard InChI is InChI=1S/C11H13IN2O2/c1-7-9(12)6-8(10(15)13-7)11(16)14-4-2-3-5-14/h6H,2-5H2,1H3,(H,13,15). The van der Waals surface area contributed by atoms with Crippen LogP contribution in [0.15, 0.2) is 10.9 Å². The van der Waals surface area contributed by atoms with Gasteiger partial charge in [0.25, 0.3) is 11.5 Å². The summed E-state index contributed by atoms with van der Waals surface area (Å²) >= 11 is 2.12. The molecule has 86 valence electrons. The number of halogens is 1. The molecule has 2 rings (SSSR count). The third-order valence-electron chi connectivity index (χ3n) is 2.80. The van der Waals surface area contributed by atoms with Crippen LogP contribution in [0.1, 0.15) is 28.9 Å². The molecule has 0 unspecified atom stereocenters. The molecule has 1 aliphatic rings. The van der Waals surface area contributed by atoms with Gasteiger partial charge >= 0.3 is 0 Å². The maximum absolute atomic E-state index is 12.0. The second kappa shape index (κ2) is 4.57. The van der Waals surface area contributed by atoms with Crippen molar-refractivity contribution in [1.82, 2.24) is 9.88 Å². The number of aromatic amines is 1. The summed E-state index contributed by atoms with van der Waals surface area (Å²) in [5.41, 5.74) is 0.787. The van der Waals surface area contributed by atoms with Gasteiger partial charge < -0.3 is 9.88 Å². The smallest absolute Gasteiger partial charge is 0.261 e. The summed E-state index contributed by atoms with van der Waals surface area (Å²) in [4.78, 5) is 28.2. The molecule has 16 heavy (non-hydrogen) atoms. The van der Waals surface area contributed by atoms with Crippen LogP contribution in [0.4, 0.5) is 0 Å². The number of carbonyl (C=O) groups is 1. The first-order chi connectivity index (χ1) is 7.59. The number of hydrogen-bond acceptors (Lipinski definition) is 2. The number of rotatable bonds is 1. The van der Waals surface area contributed by atoms with E-state index in [0.29, 0.717) is 0 Å². The fraction of sp³-hybridized carbons (Fsp3) is 0.455. The van der Waals surface area contributed by atoms with E-state index in [1.165, 1.54) is 0 Å². The Balaban J connectivity index is 2.36. The van der Waals surface area contributed by atoms with Crippen molar-refractivity contribution in [3.05, 3.63) is 31.2 Å². The van der Waals surface area contributed by atoms with Gasteiger partial charge in [-0.3, -0.25) is 9.59 Å². The summed E-state index contributed by atoms with van der Waals surface area (Å²) in [6.45, 7) is 3.36. The molecule has 1 aliphatic heterocycles. The highest BCUT2D eigenvalue weighted by Crippen LogP contribution is 2.13. The largest absolute Gasteiger partial charge is 0.338 e. The van der Waals surface area contributed by atoms with Crippen molar-refractivity contribution in [2.75, 3.05) is 13.1 Å². The molecule has 0 aliphatic carbocycles. The number of aryl methyl sites for hydroxylation is 1. The van der Waals surface area contributed by atoms with E-state index in [9.17, 15) is 9.59 Å². The maximum atomic E-state index is 12.0. The summed E-state index contributed by atoms with van der Waals surface area (Å²) in [5, 5.41) is 0. The van der Waals surface area contributed by atoms with E-state index >= 15 is 0 Å². The van der Waals surface area contributed by atoms with Gasteiger partial charge in [0.1, 0.15) is 5.56 Å². The highest BCUT2D eigenvalue weighted by Gasteiger charge is 2.22. The van der Waals surface area contributed by atoms with Gasteiger partial charge in [-0.05, 0) is 48.4 Å². The van der Waals surface area contributed by atoms with Gasteiger partial charge in [-0.25, -0.2) is 0 Å². The number of pyridine rings is 1. The van der Waals surface area contributed by atoms with Crippen molar-refractivity contribution in [2.24, 2.45) is 0 Å². The quantitative estimate of drug-likeness (QED) is 0.793. The van der Waals surface area contributed by atoms with Crippen molar-refractivity contribution in [2.45, 2.75) is 19.8 Å². The molecular weight excluding hydrogens is 319 g/mol. The lowest BCUT2D eigenvalue weighted by Crippen LogP contribution is -2.32. The van der Waals surface area contributed by atoms with Crippen LogP contribution in [0, 0.1) is 10.5 Å². The first kappa shape index (κ1) is 11.6. The monoisotopic (exact) mass is 332 g/mol. The lowest BCUT2D eigenvalue weighted by Gasteiger charge is -2.14. The molecule has 0 atom stereocenters. The van der Waals surface area contributed by atoms with Crippen LogP contribution >= 0.6 is 22.6 Å². The Morgan fingerprint density at radius 1 is 1.44 bits per heavy atom. The van der Waals surface area contributed by atoms with Crippen molar-refractivity contribution in [3.63, 3.8) is 0 Å². The van der Waals surface area contributed by atoms with Crippen LogP contribution in [0.5, 0.6) is 0 Å². The predicted molar refractivity (Wildman–Crippen MR) is 69.7 cm³/mol. The number of amides is 1. The summed E-state index contributed by atoms with van der Waals surface area (Å²) in [7, 11) is 0. The van der Waals surface area contributed by atoms with Gasteiger partial charge in [0.15, 0.2) is 0 Å². The molecule has 0 bridgehead atoms. The predicted octanol–water partition coefficient (Wildman–Crippen LogP) is 1.52. The van der Waals surface area contributed by atoms with E-state index in [0.717, 1.165) is 35.2 Å². The van der Waals surface area contributed by atoms with Gasteiger partial charge in [0, 0.05) is 22.4 Å². The first-order valence-electron chi connectivity index (χ1n) is 5.28. The van der Waals surface area contributed by atoms with Gasteiger partial charge in [-0.15, -0.1) is 0 Å². The minimum Gasteiger partial charge on any atom is -0.338 e. The molecule has 0 aromatic carbocycles. The molecule has 2 heterocycles. The fourth-order valence-corrected chi connectivity index (χ4v) is 2.29. The Morgan fingerprint density at radius 2 is 2.06 bits per heavy atom. The molecule has 0 radical (unpaired) electrons. The zero-order chi connectivity index (χ0) is 11.7. The minimum atomic E-state index is -0.283. The number of nitrogens with zero attached hydrogens (tertiary/aromatic N) is 1. The van der Waals surface area contributed by atoms with E-state index < -0.39 is 0 Å². The lowest BCUT2D eigenvalue weighted by atomic mass is 10.2. The Bertz CT molecular complexity index is 475. The topological polar surface area (TPSA) is 53.2 Å². The third-order valence-corrected chi connectivity index (χ3v) is 3.92. The SMILES string of the molecule is Cc1[nH]c(=O)c(C(=O)N2CCCC2)cc1I. The highest BCUT2D eigenvalue weighted by molar-refractivity contribution is 14.1. The van der Waals surface area contributed by atoms with E-state index in [2.05, 4.69) is 27.6 Å². The second-order valence-electron chi connectivity index (χ2n) is 3.98. The zero-order valence-corrected chi connectivity index (χ0v) is 11.2. The molecule has 1 saturated heterocycles. The maximum Gasteiger partial charge on any atom is 0.261 e. The molecule has 1 amide bonds. The van der Waals surface area contributed by atoms with Gasteiger partial charge in [0.05, 0.1) is 0 Å². The number of aromatic nitrogens is 1. The van der Waals surface area contributed by atoms with Gasteiger partial charge in [0.2, 0.25) is 0 Å². The zero-order valence-electron chi connectivity index (χ0n) is 9.05. The summed E-state index contributed by atoms with van der Waals surface area (Å²) < 4.78 is 0.916. The summed E-state index contributed by atoms with van der Waals surface area (Å²) in [6, 6.07) is 1.68. The fourth-order valence-electron chi connectivity index (χ4n) is 1.85. The Morgan fingerprint density at radius 3 is 2.69 bits per heavy atom. The third kappa shape index (κ3) is 2.14. The van der Waals surface area contributed by atoms with Crippen LogP contribution < -0.4 is 5.56 Å². The van der Waals surface area contributed by atoms with Crippen molar-refractivity contribution >= 4 is 28.5 Å². The average molecular weight is 332 g/mol. The molecule has 0 spiro atoms. The molecular formula is C11H13IN2O2. The molecule has 4 nitrogen and oxygen atoms in total. The first-order valence-corrected chi connectivity index (χ1v) is 6.36. The van der Waals surface area contributed by atoms with E-state index in [1.807, 2.05) is 6.92 Å². The number of likely N-dealkylation sites (tertiary alicyclic amines) is 1. The summed E-state index contributed by atoms with van der Waals surface area (Å²) in [5.74, 6) is -0.142. The van der Waals surface area contributed by atoms with Gasteiger partial charge in [-0.1, -0.05) is 0 Å². The lowest BCUT2D eigenvalue weighted by molar-refractivity contribution is 0.0791. The second-order valence-corrected chi connectivity index (χ2v) is 5.15. The van der Waals surface area contributed by atoms with E-state index in [1.54, 1.807) is 11.0 Å². The van der Waals surface area contributed by atoms with Crippen LogP contribution in [-0.2, 0) is 0 Å². The number of carbonyl (C=O) groups excluding carboxylic acids is 1. The van der Waals surface area contributed by atoms with E-state index in [-0.39, 0.29) is 17.0 Å². The molecule has 1 fully saturated rings. The molecule has 1 aromatic rings. The van der Waals surface area contributed by atoms with Crippen molar-refractivity contribution in [1.29, 1.82) is 0 Å². The van der Waals surface area contributed by atoms with Crippen molar-refractivity contribution in [3.8, 4) is 0 Å². The normalized spacial score (nSPS) is 15.5. The number of hydrogen-bond donors (Lipinski definition) is 1. The molecule has 1 N–H and O–H groups in total. The number of H-pyrrole nitrogens is 1. The summed E-state index contributed by atoms with van der Waals surface area (Å²) in [6.07, 6.45) is 2.07. The van der Waals surface area contributed by atoms with E-state index in [4.69, 9.17) is 0 Å². The Hall–Kier alpha value is -0.850. The van der Waals surface area contributed by atoms with Crippen molar-refractivity contribution < 1.29 is 4.79 Å². The molecule has 0 saturated carbocycles. The average Bonchev–Trinajstić information content (AvgIpc) is 2.75. The molecule has 1 aromatic heterocycles. The Kier molecular flexibility index (Phi) is 3.32. The highest BCUT2D eigenvalue weighted by atomic mass is 127. The van der Waals surface area contributed by atoms with Gasteiger partial charge in [-0.2, -0.15) is 0 Å². The van der Waals surface area contributed by atoms with Crippen LogP contribution in [0.2, 0.25) is 0 Å².